The number of hydrogen-bond donors (Lipinski definition) is 1. The summed E-state index contributed by atoms with van der Waals surface area (Å²) in [5, 5.41) is 10.0. The van der Waals surface area contributed by atoms with Crippen LogP contribution in [0.25, 0.3) is 0 Å². The summed E-state index contributed by atoms with van der Waals surface area (Å²) < 4.78 is 29.6. The average Bonchev–Trinajstić information content (AvgIpc) is 3.08. The molecule has 7 heteroatoms. The second-order valence-electron chi connectivity index (χ2n) is 7.34. The zero-order valence-corrected chi connectivity index (χ0v) is 17.7. The number of halogens is 1. The summed E-state index contributed by atoms with van der Waals surface area (Å²) in [6.07, 6.45) is 0.733. The molecule has 0 saturated carbocycles. The highest BCUT2D eigenvalue weighted by molar-refractivity contribution is 9.10. The topological polar surface area (TPSA) is 60.9 Å². The van der Waals surface area contributed by atoms with Gasteiger partial charge < -0.3 is 10.0 Å². The van der Waals surface area contributed by atoms with Gasteiger partial charge in [-0.15, -0.1) is 0 Å². The minimum absolute atomic E-state index is 0.00538. The number of fused-ring (bicyclic) bond motifs is 3. The van der Waals surface area contributed by atoms with Gasteiger partial charge in [-0.1, -0.05) is 34.1 Å². The Kier molecular flexibility index (Phi) is 4.83. The molecule has 2 aliphatic rings. The van der Waals surface area contributed by atoms with E-state index in [0.29, 0.717) is 11.4 Å². The van der Waals surface area contributed by atoms with E-state index in [2.05, 4.69) is 20.8 Å². The predicted octanol–water partition coefficient (Wildman–Crippen LogP) is 3.32. The molecule has 1 saturated heterocycles. The summed E-state index contributed by atoms with van der Waals surface area (Å²) in [6, 6.07) is 12.7. The number of likely N-dealkylation sites (N-methyl/N-ethyl adjacent to an activating group) is 1. The monoisotopic (exact) mass is 450 g/mol. The van der Waals surface area contributed by atoms with Crippen molar-refractivity contribution in [1.29, 1.82) is 0 Å². The zero-order valence-electron chi connectivity index (χ0n) is 15.3. The Hall–Kier alpha value is -1.41. The van der Waals surface area contributed by atoms with E-state index in [0.717, 1.165) is 27.7 Å². The summed E-state index contributed by atoms with van der Waals surface area (Å²) in [6.45, 7) is 2.30. The minimum Gasteiger partial charge on any atom is -0.394 e. The Morgan fingerprint density at radius 3 is 2.67 bits per heavy atom. The minimum atomic E-state index is -3.63. The molecule has 0 unspecified atom stereocenters. The third-order valence-electron chi connectivity index (χ3n) is 5.95. The Morgan fingerprint density at radius 1 is 1.22 bits per heavy atom. The van der Waals surface area contributed by atoms with Crippen LogP contribution in [-0.4, -0.2) is 44.1 Å². The first-order chi connectivity index (χ1) is 12.9. The number of sulfonamides is 1. The molecule has 1 fully saturated rings. The lowest BCUT2D eigenvalue weighted by Gasteiger charge is -2.44. The smallest absolute Gasteiger partial charge is 0.243 e. The second kappa shape index (κ2) is 6.88. The highest BCUT2D eigenvalue weighted by Crippen LogP contribution is 2.50. The summed E-state index contributed by atoms with van der Waals surface area (Å²) in [5.74, 6) is 0.0561. The van der Waals surface area contributed by atoms with Gasteiger partial charge in [-0.25, -0.2) is 8.42 Å². The Labute approximate surface area is 168 Å². The number of benzene rings is 2. The van der Waals surface area contributed by atoms with Crippen molar-refractivity contribution in [3.8, 4) is 0 Å². The van der Waals surface area contributed by atoms with Gasteiger partial charge in [0.05, 0.1) is 23.6 Å². The number of aryl methyl sites for hydroxylation is 1. The number of aliphatic hydroxyl groups is 1. The van der Waals surface area contributed by atoms with Crippen molar-refractivity contribution in [3.05, 3.63) is 58.1 Å². The van der Waals surface area contributed by atoms with Crippen LogP contribution in [0.2, 0.25) is 0 Å². The molecule has 0 radical (unpaired) electrons. The summed E-state index contributed by atoms with van der Waals surface area (Å²) in [4.78, 5) is 2.45. The molecule has 3 atom stereocenters. The maximum atomic E-state index is 13.5. The van der Waals surface area contributed by atoms with Crippen molar-refractivity contribution in [1.82, 2.24) is 4.31 Å². The fraction of sp³-hybridized carbons (Fsp3) is 0.400. The van der Waals surface area contributed by atoms with Crippen molar-refractivity contribution in [2.75, 3.05) is 25.1 Å². The molecule has 2 aliphatic heterocycles. The zero-order chi connectivity index (χ0) is 19.3. The second-order valence-corrected chi connectivity index (χ2v) is 10.1. The summed E-state index contributed by atoms with van der Waals surface area (Å²) in [7, 11) is -1.65. The van der Waals surface area contributed by atoms with E-state index in [1.807, 2.05) is 44.3 Å². The first-order valence-electron chi connectivity index (χ1n) is 9.07. The number of rotatable bonds is 3. The number of aliphatic hydroxyl groups excluding tert-OH is 1. The SMILES string of the molecule is Cc1ccccc1S(=O)(=O)N1CC[C@@H]2[C@@H](CO)N(C)c3ccc(Br)cc3[C@@H]21. The first kappa shape index (κ1) is 18.9. The third-order valence-corrected chi connectivity index (χ3v) is 8.48. The van der Waals surface area contributed by atoms with Crippen LogP contribution in [0.15, 0.2) is 51.8 Å². The fourth-order valence-electron chi connectivity index (χ4n) is 4.62. The Morgan fingerprint density at radius 2 is 1.96 bits per heavy atom. The molecule has 2 heterocycles. The molecule has 0 amide bonds. The van der Waals surface area contributed by atoms with E-state index in [9.17, 15) is 13.5 Å². The van der Waals surface area contributed by atoms with E-state index >= 15 is 0 Å². The van der Waals surface area contributed by atoms with Crippen molar-refractivity contribution < 1.29 is 13.5 Å². The molecule has 0 aromatic heterocycles. The highest BCUT2D eigenvalue weighted by Gasteiger charge is 2.50. The standard InChI is InChI=1S/C20H23BrN2O3S/c1-13-5-3-4-6-19(13)27(25,26)23-10-9-15-18(12-24)22(2)17-8-7-14(21)11-16(17)20(15)23/h3-8,11,15,18,20,24H,9-10,12H2,1-2H3/t15-,18-,20-/m1/s1. The van der Waals surface area contributed by atoms with Gasteiger partial charge in [-0.2, -0.15) is 4.31 Å². The third kappa shape index (κ3) is 2.92. The number of nitrogens with zero attached hydrogens (tertiary/aromatic N) is 2. The molecule has 0 bridgehead atoms. The average molecular weight is 451 g/mol. The van der Waals surface area contributed by atoms with Crippen molar-refractivity contribution >= 4 is 31.6 Å². The maximum Gasteiger partial charge on any atom is 0.243 e. The molecular formula is C20H23BrN2O3S. The van der Waals surface area contributed by atoms with Crippen LogP contribution in [0.5, 0.6) is 0 Å². The van der Waals surface area contributed by atoms with E-state index in [1.165, 1.54) is 0 Å². The van der Waals surface area contributed by atoms with Crippen LogP contribution in [0.3, 0.4) is 0 Å². The fourth-order valence-corrected chi connectivity index (χ4v) is 6.90. The van der Waals surface area contributed by atoms with Gasteiger partial charge in [0.1, 0.15) is 0 Å². The lowest BCUT2D eigenvalue weighted by Crippen LogP contribution is -2.48. The van der Waals surface area contributed by atoms with Crippen molar-refractivity contribution in [2.24, 2.45) is 5.92 Å². The molecule has 4 rings (SSSR count). The largest absolute Gasteiger partial charge is 0.394 e. The van der Waals surface area contributed by atoms with Crippen LogP contribution in [0.4, 0.5) is 5.69 Å². The lowest BCUT2D eigenvalue weighted by molar-refractivity contribution is 0.193. The van der Waals surface area contributed by atoms with Crippen molar-refractivity contribution in [2.45, 2.75) is 30.3 Å². The normalized spacial score (nSPS) is 25.3. The van der Waals surface area contributed by atoms with Crippen LogP contribution in [0.1, 0.15) is 23.6 Å². The van der Waals surface area contributed by atoms with Crippen LogP contribution in [-0.2, 0) is 10.0 Å². The van der Waals surface area contributed by atoms with Gasteiger partial charge in [-0.05, 0) is 48.7 Å². The van der Waals surface area contributed by atoms with Crippen molar-refractivity contribution in [3.63, 3.8) is 0 Å². The molecule has 0 spiro atoms. The van der Waals surface area contributed by atoms with Crippen LogP contribution in [0, 0.1) is 12.8 Å². The van der Waals surface area contributed by atoms with Crippen LogP contribution < -0.4 is 4.90 Å². The van der Waals surface area contributed by atoms with E-state index in [4.69, 9.17) is 0 Å². The van der Waals surface area contributed by atoms with Crippen LogP contribution >= 0.6 is 15.9 Å². The first-order valence-corrected chi connectivity index (χ1v) is 11.3. The molecule has 2 aromatic rings. The molecule has 27 heavy (non-hydrogen) atoms. The molecular weight excluding hydrogens is 428 g/mol. The number of anilines is 1. The summed E-state index contributed by atoms with van der Waals surface area (Å²) in [5.41, 5.74) is 2.73. The summed E-state index contributed by atoms with van der Waals surface area (Å²) >= 11 is 3.53. The molecule has 1 N–H and O–H groups in total. The molecule has 5 nitrogen and oxygen atoms in total. The van der Waals surface area contributed by atoms with Gasteiger partial charge >= 0.3 is 0 Å². The van der Waals surface area contributed by atoms with E-state index in [-0.39, 0.29) is 24.6 Å². The molecule has 0 aliphatic carbocycles. The molecule has 2 aromatic carbocycles. The molecule has 144 valence electrons. The maximum absolute atomic E-state index is 13.5. The van der Waals surface area contributed by atoms with Gasteiger partial charge in [0.25, 0.3) is 0 Å². The van der Waals surface area contributed by atoms with Gasteiger partial charge in [0.15, 0.2) is 0 Å². The lowest BCUT2D eigenvalue weighted by atomic mass is 9.82. The Bertz CT molecular complexity index is 979. The van der Waals surface area contributed by atoms with Gasteiger partial charge in [0, 0.05) is 29.7 Å². The number of hydrogen-bond acceptors (Lipinski definition) is 4. The Balaban J connectivity index is 1.87. The highest BCUT2D eigenvalue weighted by atomic mass is 79.9. The predicted molar refractivity (Wildman–Crippen MR) is 109 cm³/mol. The quantitative estimate of drug-likeness (QED) is 0.778. The van der Waals surface area contributed by atoms with Gasteiger partial charge in [0.2, 0.25) is 10.0 Å². The van der Waals surface area contributed by atoms with Gasteiger partial charge in [-0.3, -0.25) is 0 Å². The van der Waals surface area contributed by atoms with E-state index in [1.54, 1.807) is 16.4 Å². The van der Waals surface area contributed by atoms with E-state index < -0.39 is 10.0 Å².